The standard InChI is InChI=1S/C22H26N4O2/c1-17-8-6-7-11-19(17)23-21(28)25-13-12-22(15-25)16-26(20(27)14-24(22)2)18-9-4-3-5-10-18/h3-11H,12-16H2,1-2H3,(H,23,28)/t22-/m0/s1. The Kier molecular flexibility index (Phi) is 4.81. The maximum Gasteiger partial charge on any atom is 0.321 e. The van der Waals surface area contributed by atoms with Crippen LogP contribution in [0.4, 0.5) is 16.2 Å². The molecule has 1 spiro atoms. The zero-order valence-corrected chi connectivity index (χ0v) is 16.4. The van der Waals surface area contributed by atoms with Gasteiger partial charge in [0.05, 0.1) is 12.1 Å². The summed E-state index contributed by atoms with van der Waals surface area (Å²) < 4.78 is 0. The minimum absolute atomic E-state index is 0.0808. The van der Waals surface area contributed by atoms with Gasteiger partial charge in [0.25, 0.3) is 0 Å². The summed E-state index contributed by atoms with van der Waals surface area (Å²) in [5.41, 5.74) is 2.59. The van der Waals surface area contributed by atoms with Crippen LogP contribution in [0.3, 0.4) is 0 Å². The Bertz CT molecular complexity index is 885. The van der Waals surface area contributed by atoms with Gasteiger partial charge in [-0.05, 0) is 44.2 Å². The Morgan fingerprint density at radius 2 is 1.75 bits per heavy atom. The fourth-order valence-electron chi connectivity index (χ4n) is 4.18. The molecule has 2 heterocycles. The number of piperazine rings is 1. The Balaban J connectivity index is 1.50. The summed E-state index contributed by atoms with van der Waals surface area (Å²) in [7, 11) is 1.99. The minimum Gasteiger partial charge on any atom is -0.323 e. The molecule has 146 valence electrons. The quantitative estimate of drug-likeness (QED) is 0.874. The number of nitrogens with one attached hydrogen (secondary N) is 1. The van der Waals surface area contributed by atoms with Crippen molar-refractivity contribution in [3.8, 4) is 0 Å². The highest BCUT2D eigenvalue weighted by molar-refractivity contribution is 5.96. The van der Waals surface area contributed by atoms with Gasteiger partial charge in [0, 0.05) is 31.0 Å². The molecule has 1 N–H and O–H groups in total. The number of aryl methyl sites for hydroxylation is 1. The van der Waals surface area contributed by atoms with Crippen LogP contribution in [0.2, 0.25) is 0 Å². The number of hydrogen-bond donors (Lipinski definition) is 1. The van der Waals surface area contributed by atoms with Crippen molar-refractivity contribution in [1.29, 1.82) is 0 Å². The van der Waals surface area contributed by atoms with E-state index in [1.165, 1.54) is 0 Å². The number of nitrogens with zero attached hydrogens (tertiary/aromatic N) is 3. The highest BCUT2D eigenvalue weighted by Crippen LogP contribution is 2.33. The van der Waals surface area contributed by atoms with Gasteiger partial charge in [-0.15, -0.1) is 0 Å². The number of benzene rings is 2. The van der Waals surface area contributed by atoms with Crippen molar-refractivity contribution in [2.24, 2.45) is 0 Å². The highest BCUT2D eigenvalue weighted by Gasteiger charge is 2.48. The number of likely N-dealkylation sites (tertiary alicyclic amines) is 1. The van der Waals surface area contributed by atoms with E-state index < -0.39 is 0 Å². The molecule has 1 atom stereocenters. The van der Waals surface area contributed by atoms with E-state index in [4.69, 9.17) is 0 Å². The van der Waals surface area contributed by atoms with Gasteiger partial charge < -0.3 is 15.1 Å². The average molecular weight is 378 g/mol. The van der Waals surface area contributed by atoms with Crippen LogP contribution in [0.25, 0.3) is 0 Å². The summed E-state index contributed by atoms with van der Waals surface area (Å²) in [6.45, 7) is 4.23. The fourth-order valence-corrected chi connectivity index (χ4v) is 4.18. The van der Waals surface area contributed by atoms with Crippen molar-refractivity contribution in [3.63, 3.8) is 0 Å². The molecule has 2 fully saturated rings. The third kappa shape index (κ3) is 3.36. The molecule has 6 nitrogen and oxygen atoms in total. The number of urea groups is 1. The van der Waals surface area contributed by atoms with Gasteiger partial charge in [0.1, 0.15) is 0 Å². The second kappa shape index (κ2) is 7.28. The molecule has 28 heavy (non-hydrogen) atoms. The molecule has 2 aromatic carbocycles. The number of rotatable bonds is 2. The van der Waals surface area contributed by atoms with Gasteiger partial charge in [-0.2, -0.15) is 0 Å². The second-order valence-electron chi connectivity index (χ2n) is 7.81. The van der Waals surface area contributed by atoms with Crippen molar-refractivity contribution in [3.05, 3.63) is 60.2 Å². The zero-order chi connectivity index (χ0) is 19.7. The fraction of sp³-hybridized carbons (Fsp3) is 0.364. The smallest absolute Gasteiger partial charge is 0.321 e. The van der Waals surface area contributed by atoms with Gasteiger partial charge in [-0.1, -0.05) is 36.4 Å². The van der Waals surface area contributed by atoms with Gasteiger partial charge in [-0.3, -0.25) is 9.69 Å². The van der Waals surface area contributed by atoms with Crippen LogP contribution in [0.15, 0.2) is 54.6 Å². The lowest BCUT2D eigenvalue weighted by Gasteiger charge is -2.46. The normalized spacial score (nSPS) is 22.7. The van der Waals surface area contributed by atoms with E-state index in [1.807, 2.05) is 78.4 Å². The number of anilines is 2. The molecule has 2 aromatic rings. The number of para-hydroxylation sites is 2. The molecule has 0 bridgehead atoms. The lowest BCUT2D eigenvalue weighted by molar-refractivity contribution is -0.123. The lowest BCUT2D eigenvalue weighted by atomic mass is 9.92. The van der Waals surface area contributed by atoms with Crippen molar-refractivity contribution >= 4 is 23.3 Å². The predicted molar refractivity (Wildman–Crippen MR) is 111 cm³/mol. The largest absolute Gasteiger partial charge is 0.323 e. The Morgan fingerprint density at radius 3 is 2.50 bits per heavy atom. The molecule has 6 heteroatoms. The van der Waals surface area contributed by atoms with Crippen LogP contribution in [-0.2, 0) is 4.79 Å². The molecular weight excluding hydrogens is 352 g/mol. The topological polar surface area (TPSA) is 55.9 Å². The Morgan fingerprint density at radius 1 is 1.04 bits per heavy atom. The lowest BCUT2D eigenvalue weighted by Crippen LogP contribution is -2.64. The summed E-state index contributed by atoms with van der Waals surface area (Å²) in [6, 6.07) is 17.5. The average Bonchev–Trinajstić information content (AvgIpc) is 3.13. The van der Waals surface area contributed by atoms with Gasteiger partial charge in [-0.25, -0.2) is 4.79 Å². The molecule has 2 aliphatic heterocycles. The van der Waals surface area contributed by atoms with E-state index in [2.05, 4.69) is 10.2 Å². The zero-order valence-electron chi connectivity index (χ0n) is 16.4. The first kappa shape index (κ1) is 18.5. The maximum absolute atomic E-state index is 12.8. The van der Waals surface area contributed by atoms with E-state index in [-0.39, 0.29) is 17.5 Å². The summed E-state index contributed by atoms with van der Waals surface area (Å²) in [5, 5.41) is 3.03. The number of amides is 3. The number of likely N-dealkylation sites (N-methyl/N-ethyl adjacent to an activating group) is 1. The molecule has 0 aromatic heterocycles. The van der Waals surface area contributed by atoms with E-state index in [9.17, 15) is 9.59 Å². The molecule has 4 rings (SSSR count). The first-order valence-corrected chi connectivity index (χ1v) is 9.67. The predicted octanol–water partition coefficient (Wildman–Crippen LogP) is 2.95. The summed E-state index contributed by atoms with van der Waals surface area (Å²) in [6.07, 6.45) is 0.849. The van der Waals surface area contributed by atoms with Crippen molar-refractivity contribution < 1.29 is 9.59 Å². The summed E-state index contributed by atoms with van der Waals surface area (Å²) in [5.74, 6) is 0.0992. The first-order valence-electron chi connectivity index (χ1n) is 9.67. The third-order valence-electron chi connectivity index (χ3n) is 6.01. The van der Waals surface area contributed by atoms with Crippen molar-refractivity contribution in [2.45, 2.75) is 18.9 Å². The van der Waals surface area contributed by atoms with Crippen LogP contribution < -0.4 is 10.2 Å². The molecule has 0 radical (unpaired) electrons. The van der Waals surface area contributed by atoms with Gasteiger partial charge in [0.2, 0.25) is 5.91 Å². The van der Waals surface area contributed by atoms with Crippen LogP contribution in [-0.4, -0.2) is 60.5 Å². The molecule has 0 unspecified atom stereocenters. The second-order valence-corrected chi connectivity index (χ2v) is 7.81. The van der Waals surface area contributed by atoms with E-state index in [0.717, 1.165) is 23.4 Å². The Labute approximate surface area is 165 Å². The number of carbonyl (C=O) groups is 2. The highest BCUT2D eigenvalue weighted by atomic mass is 16.2. The SMILES string of the molecule is Cc1ccccc1NC(=O)N1CC[C@]2(C1)CN(c1ccccc1)C(=O)CN2C. The summed E-state index contributed by atoms with van der Waals surface area (Å²) >= 11 is 0. The third-order valence-corrected chi connectivity index (χ3v) is 6.01. The van der Waals surface area contributed by atoms with Crippen LogP contribution in [0.5, 0.6) is 0 Å². The molecule has 2 saturated heterocycles. The molecule has 0 saturated carbocycles. The maximum atomic E-state index is 12.8. The monoisotopic (exact) mass is 378 g/mol. The van der Waals surface area contributed by atoms with Crippen LogP contribution in [0.1, 0.15) is 12.0 Å². The van der Waals surface area contributed by atoms with Crippen molar-refractivity contribution in [2.75, 3.05) is 43.4 Å². The molecule has 0 aliphatic carbocycles. The molecular formula is C22H26N4O2. The number of carbonyl (C=O) groups excluding carboxylic acids is 2. The van der Waals surface area contributed by atoms with E-state index in [1.54, 1.807) is 0 Å². The minimum atomic E-state index is -0.215. The summed E-state index contributed by atoms with van der Waals surface area (Å²) in [4.78, 5) is 31.3. The Hall–Kier alpha value is -2.86. The first-order chi connectivity index (χ1) is 13.5. The van der Waals surface area contributed by atoms with Gasteiger partial charge >= 0.3 is 6.03 Å². The number of hydrogen-bond acceptors (Lipinski definition) is 3. The van der Waals surface area contributed by atoms with E-state index in [0.29, 0.717) is 26.2 Å². The van der Waals surface area contributed by atoms with Crippen LogP contribution in [0, 0.1) is 6.92 Å². The van der Waals surface area contributed by atoms with E-state index >= 15 is 0 Å². The van der Waals surface area contributed by atoms with Crippen molar-refractivity contribution in [1.82, 2.24) is 9.80 Å². The van der Waals surface area contributed by atoms with Gasteiger partial charge in [0.15, 0.2) is 0 Å². The molecule has 2 aliphatic rings. The molecule has 3 amide bonds. The van der Waals surface area contributed by atoms with Crippen LogP contribution >= 0.6 is 0 Å².